The highest BCUT2D eigenvalue weighted by Gasteiger charge is 2.08. The van der Waals surface area contributed by atoms with Crippen LogP contribution >= 0.6 is 15.9 Å². The highest BCUT2D eigenvalue weighted by molar-refractivity contribution is 9.10. The highest BCUT2D eigenvalue weighted by atomic mass is 79.9. The predicted octanol–water partition coefficient (Wildman–Crippen LogP) is 3.55. The fourth-order valence-electron chi connectivity index (χ4n) is 1.83. The summed E-state index contributed by atoms with van der Waals surface area (Å²) in [4.78, 5) is 22.0. The number of halogens is 1. The summed E-state index contributed by atoms with van der Waals surface area (Å²) in [7, 11) is 0. The van der Waals surface area contributed by atoms with Gasteiger partial charge in [-0.2, -0.15) is 5.10 Å². The summed E-state index contributed by atoms with van der Waals surface area (Å²) in [5.41, 5.74) is 2.75. The van der Waals surface area contributed by atoms with E-state index in [1.54, 1.807) is 36.4 Å². The van der Waals surface area contributed by atoms with Crippen molar-refractivity contribution in [2.75, 3.05) is 6.61 Å². The van der Waals surface area contributed by atoms with E-state index < -0.39 is 10.8 Å². The van der Waals surface area contributed by atoms with Crippen molar-refractivity contribution < 1.29 is 14.5 Å². The first-order valence-corrected chi connectivity index (χ1v) is 7.96. The quantitative estimate of drug-likeness (QED) is 0.434. The second kappa shape index (κ2) is 9.33. The molecular weight excluding hydrogens is 390 g/mol. The standard InChI is InChI=1S/C17H14BrN3O4/c18-14-7-3-8-15(11-14)25-12-17(22)20-19-10-4-6-13-5-1-2-9-16(13)21(23)24/h1-11H,12H2,(H,20,22)/b6-4+,19-10-. The number of nitrogens with zero attached hydrogens (tertiary/aromatic N) is 2. The van der Waals surface area contributed by atoms with Crippen molar-refractivity contribution in [3.05, 3.63) is 74.8 Å². The zero-order chi connectivity index (χ0) is 18.1. The molecule has 0 unspecified atom stereocenters. The molecule has 0 spiro atoms. The summed E-state index contributed by atoms with van der Waals surface area (Å²) in [6.07, 6.45) is 4.36. The van der Waals surface area contributed by atoms with E-state index in [1.807, 2.05) is 6.07 Å². The second-order valence-electron chi connectivity index (χ2n) is 4.73. The fraction of sp³-hybridized carbons (Fsp3) is 0.0588. The van der Waals surface area contributed by atoms with Crippen molar-refractivity contribution in [2.24, 2.45) is 5.10 Å². The van der Waals surface area contributed by atoms with Gasteiger partial charge in [0.2, 0.25) is 0 Å². The number of hydrogen-bond acceptors (Lipinski definition) is 5. The lowest BCUT2D eigenvalue weighted by Gasteiger charge is -2.04. The molecule has 25 heavy (non-hydrogen) atoms. The smallest absolute Gasteiger partial charge is 0.277 e. The molecule has 1 N–H and O–H groups in total. The third kappa shape index (κ3) is 6.19. The second-order valence-corrected chi connectivity index (χ2v) is 5.65. The Morgan fingerprint density at radius 2 is 2.08 bits per heavy atom. The number of para-hydroxylation sites is 1. The number of ether oxygens (including phenoxy) is 1. The summed E-state index contributed by atoms with van der Waals surface area (Å²) in [6, 6.07) is 13.4. The monoisotopic (exact) mass is 403 g/mol. The van der Waals surface area contributed by atoms with Crippen molar-refractivity contribution in [1.82, 2.24) is 5.43 Å². The summed E-state index contributed by atoms with van der Waals surface area (Å²) in [5.74, 6) is 0.139. The SMILES string of the molecule is O=C(COc1cccc(Br)c1)N/N=C\C=C\c1ccccc1[N+](=O)[O-]. The third-order valence-corrected chi connectivity index (χ3v) is 3.42. The van der Waals surface area contributed by atoms with Crippen molar-refractivity contribution in [3.8, 4) is 5.75 Å². The number of nitro benzene ring substituents is 1. The molecule has 0 radical (unpaired) electrons. The minimum absolute atomic E-state index is 0.00129. The molecule has 8 heteroatoms. The Kier molecular flexibility index (Phi) is 6.85. The number of amides is 1. The van der Waals surface area contributed by atoms with E-state index in [4.69, 9.17) is 4.74 Å². The van der Waals surface area contributed by atoms with E-state index in [0.29, 0.717) is 11.3 Å². The third-order valence-electron chi connectivity index (χ3n) is 2.93. The first-order chi connectivity index (χ1) is 12.1. The molecule has 0 atom stereocenters. The summed E-state index contributed by atoms with van der Waals surface area (Å²) in [6.45, 7) is -0.179. The molecule has 1 amide bonds. The largest absolute Gasteiger partial charge is 0.484 e. The topological polar surface area (TPSA) is 93.8 Å². The highest BCUT2D eigenvalue weighted by Crippen LogP contribution is 2.18. The van der Waals surface area contributed by atoms with Gasteiger partial charge in [-0.25, -0.2) is 5.43 Å². The summed E-state index contributed by atoms with van der Waals surface area (Å²) >= 11 is 3.31. The molecule has 2 aromatic rings. The van der Waals surface area contributed by atoms with Crippen LogP contribution in [-0.4, -0.2) is 23.7 Å². The molecule has 0 heterocycles. The first-order valence-electron chi connectivity index (χ1n) is 7.16. The Labute approximate surface area is 152 Å². The Bertz CT molecular complexity index is 821. The normalized spacial score (nSPS) is 10.9. The predicted molar refractivity (Wildman–Crippen MR) is 98.4 cm³/mol. The van der Waals surface area contributed by atoms with Gasteiger partial charge in [0.05, 0.1) is 10.5 Å². The number of rotatable bonds is 7. The van der Waals surface area contributed by atoms with Gasteiger partial charge in [-0.1, -0.05) is 34.1 Å². The van der Waals surface area contributed by atoms with Crippen LogP contribution in [-0.2, 0) is 4.79 Å². The zero-order valence-electron chi connectivity index (χ0n) is 13.0. The lowest BCUT2D eigenvalue weighted by molar-refractivity contribution is -0.385. The minimum atomic E-state index is -0.460. The molecule has 0 saturated carbocycles. The Morgan fingerprint density at radius 1 is 1.28 bits per heavy atom. The molecule has 0 aliphatic rings. The number of benzene rings is 2. The van der Waals surface area contributed by atoms with Crippen molar-refractivity contribution in [2.45, 2.75) is 0 Å². The summed E-state index contributed by atoms with van der Waals surface area (Å²) < 4.78 is 6.16. The summed E-state index contributed by atoms with van der Waals surface area (Å²) in [5, 5.41) is 14.6. The maximum Gasteiger partial charge on any atom is 0.277 e. The van der Waals surface area contributed by atoms with Gasteiger partial charge in [0.15, 0.2) is 6.61 Å². The molecule has 2 rings (SSSR count). The van der Waals surface area contributed by atoms with Crippen LogP contribution in [0.2, 0.25) is 0 Å². The van der Waals surface area contributed by atoms with Gasteiger partial charge < -0.3 is 4.74 Å². The lowest BCUT2D eigenvalue weighted by atomic mass is 10.2. The molecule has 0 fully saturated rings. The number of hydrogen-bond donors (Lipinski definition) is 1. The Hall–Kier alpha value is -3.00. The van der Waals surface area contributed by atoms with Gasteiger partial charge in [-0.15, -0.1) is 0 Å². The van der Waals surface area contributed by atoms with E-state index in [2.05, 4.69) is 26.5 Å². The number of nitro groups is 1. The van der Waals surface area contributed by atoms with Gasteiger partial charge >= 0.3 is 0 Å². The molecule has 0 aromatic heterocycles. The van der Waals surface area contributed by atoms with Crippen LogP contribution in [0.4, 0.5) is 5.69 Å². The van der Waals surface area contributed by atoms with E-state index in [-0.39, 0.29) is 12.3 Å². The molecule has 0 saturated heterocycles. The van der Waals surface area contributed by atoms with Crippen molar-refractivity contribution in [3.63, 3.8) is 0 Å². The minimum Gasteiger partial charge on any atom is -0.484 e. The molecular formula is C17H14BrN3O4. The van der Waals surface area contributed by atoms with Crippen molar-refractivity contribution >= 4 is 39.8 Å². The Morgan fingerprint density at radius 3 is 2.84 bits per heavy atom. The maximum atomic E-state index is 11.6. The number of allylic oxidation sites excluding steroid dienone is 1. The molecule has 7 nitrogen and oxygen atoms in total. The zero-order valence-corrected chi connectivity index (χ0v) is 14.5. The number of carbonyl (C=O) groups is 1. The Balaban J connectivity index is 1.81. The molecule has 2 aromatic carbocycles. The molecule has 0 bridgehead atoms. The van der Waals surface area contributed by atoms with Gasteiger partial charge in [0.25, 0.3) is 11.6 Å². The fourth-order valence-corrected chi connectivity index (χ4v) is 2.21. The van der Waals surface area contributed by atoms with Crippen LogP contribution in [0.1, 0.15) is 5.56 Å². The van der Waals surface area contributed by atoms with Crippen LogP contribution in [0.25, 0.3) is 6.08 Å². The average molecular weight is 404 g/mol. The van der Waals surface area contributed by atoms with Gasteiger partial charge in [0, 0.05) is 16.8 Å². The van der Waals surface area contributed by atoms with Gasteiger partial charge in [0.1, 0.15) is 5.75 Å². The average Bonchev–Trinajstić information content (AvgIpc) is 2.60. The van der Waals surface area contributed by atoms with E-state index in [1.165, 1.54) is 24.4 Å². The molecule has 0 aliphatic carbocycles. The first kappa shape index (κ1) is 18.3. The lowest BCUT2D eigenvalue weighted by Crippen LogP contribution is -2.24. The number of nitrogens with one attached hydrogen (secondary N) is 1. The van der Waals surface area contributed by atoms with Crippen LogP contribution < -0.4 is 10.2 Å². The van der Waals surface area contributed by atoms with E-state index >= 15 is 0 Å². The van der Waals surface area contributed by atoms with Gasteiger partial charge in [-0.3, -0.25) is 14.9 Å². The number of carbonyl (C=O) groups excluding carboxylic acids is 1. The van der Waals surface area contributed by atoms with Gasteiger partial charge in [-0.05, 0) is 36.4 Å². The van der Waals surface area contributed by atoms with E-state index in [9.17, 15) is 14.9 Å². The van der Waals surface area contributed by atoms with E-state index in [0.717, 1.165) is 4.47 Å². The van der Waals surface area contributed by atoms with Crippen LogP contribution in [0.3, 0.4) is 0 Å². The molecule has 128 valence electrons. The van der Waals surface area contributed by atoms with Crippen molar-refractivity contribution in [1.29, 1.82) is 0 Å². The van der Waals surface area contributed by atoms with Crippen LogP contribution in [0.15, 0.2) is 64.2 Å². The molecule has 0 aliphatic heterocycles. The van der Waals surface area contributed by atoms with Crippen LogP contribution in [0, 0.1) is 10.1 Å². The van der Waals surface area contributed by atoms with Crippen LogP contribution in [0.5, 0.6) is 5.75 Å². The maximum absolute atomic E-state index is 11.6. The number of hydrazone groups is 1.